The van der Waals surface area contributed by atoms with Crippen molar-refractivity contribution in [3.8, 4) is 0 Å². The van der Waals surface area contributed by atoms with Crippen LogP contribution in [0.4, 0.5) is 0 Å². The summed E-state index contributed by atoms with van der Waals surface area (Å²) in [5, 5.41) is 8.61. The van der Waals surface area contributed by atoms with Crippen molar-refractivity contribution in [3.63, 3.8) is 0 Å². The number of aliphatic hydroxyl groups excluding tert-OH is 1. The van der Waals surface area contributed by atoms with Crippen molar-refractivity contribution in [2.75, 3.05) is 36.0 Å². The number of thioether (sulfide) groups is 3. The zero-order valence-corrected chi connectivity index (χ0v) is 17.5. The van der Waals surface area contributed by atoms with Gasteiger partial charge in [0.25, 0.3) is 0 Å². The average Bonchev–Trinajstić information content (AvgIpc) is 2.56. The maximum absolute atomic E-state index is 10.6. The average molecular weight is 385 g/mol. The van der Waals surface area contributed by atoms with Gasteiger partial charge in [0.1, 0.15) is 24.0 Å². The van der Waals surface area contributed by atoms with Crippen LogP contribution in [-0.2, 0) is 14.4 Å². The van der Waals surface area contributed by atoms with Gasteiger partial charge in [-0.15, -0.1) is 0 Å². The van der Waals surface area contributed by atoms with Gasteiger partial charge in [0, 0.05) is 19.3 Å². The zero-order chi connectivity index (χ0) is 18.5. The second-order valence-corrected chi connectivity index (χ2v) is 7.52. The topological polar surface area (TPSA) is 71.4 Å². The Kier molecular flexibility index (Phi) is 29.4. The minimum absolute atomic E-state index is 0.286. The molecule has 0 bridgehead atoms. The molecule has 1 atom stereocenters. The second kappa shape index (κ2) is 24.3. The van der Waals surface area contributed by atoms with Crippen molar-refractivity contribution in [1.82, 2.24) is 0 Å². The molecule has 0 saturated carbocycles. The van der Waals surface area contributed by atoms with Crippen LogP contribution >= 0.6 is 35.3 Å². The maximum atomic E-state index is 10.6. The molecule has 0 aromatic rings. The van der Waals surface area contributed by atoms with Gasteiger partial charge in [-0.3, -0.25) is 9.59 Å². The minimum atomic E-state index is -0.748. The summed E-state index contributed by atoms with van der Waals surface area (Å²) in [5.41, 5.74) is 0. The van der Waals surface area contributed by atoms with E-state index in [4.69, 9.17) is 5.11 Å². The quantitative estimate of drug-likeness (QED) is 0.548. The van der Waals surface area contributed by atoms with Crippen LogP contribution in [0.5, 0.6) is 0 Å². The van der Waals surface area contributed by atoms with Crippen LogP contribution in [0, 0.1) is 0 Å². The summed E-state index contributed by atoms with van der Waals surface area (Å²) in [6, 6.07) is 0. The number of carbonyl (C=O) groups is 3. The standard InChI is InChI=1S/C6H12OS.C5H10O2S.C5H10OS/c1-3-6(7)4-5-8-2;1-8-3-2-5(7)4-6;1-5(6)3-4-7-2/h3-5H2,1-2H3;4-5,7H,2-3H2,1H3;3-4H2,1-2H3. The Morgan fingerprint density at radius 2 is 1.48 bits per heavy atom. The number of Topliss-reactive ketones (excluding diaryl/α,β-unsaturated/α-hetero) is 2. The van der Waals surface area contributed by atoms with Gasteiger partial charge in [0.05, 0.1) is 0 Å². The smallest absolute Gasteiger partial charge is 0.148 e. The monoisotopic (exact) mass is 384 g/mol. The molecule has 4 nitrogen and oxygen atoms in total. The summed E-state index contributed by atoms with van der Waals surface area (Å²) >= 11 is 5.06. The largest absolute Gasteiger partial charge is 0.386 e. The Morgan fingerprint density at radius 1 is 1.00 bits per heavy atom. The molecule has 0 radical (unpaired) electrons. The van der Waals surface area contributed by atoms with E-state index < -0.39 is 6.10 Å². The predicted octanol–water partition coefficient (Wildman–Crippen LogP) is 3.35. The van der Waals surface area contributed by atoms with Crippen molar-refractivity contribution in [2.45, 2.75) is 45.6 Å². The third-order valence-electron chi connectivity index (χ3n) is 2.41. The molecule has 1 N–H and O–H groups in total. The van der Waals surface area contributed by atoms with E-state index >= 15 is 0 Å². The first kappa shape index (κ1) is 27.8. The zero-order valence-electron chi connectivity index (χ0n) is 15.0. The fourth-order valence-electron chi connectivity index (χ4n) is 0.945. The van der Waals surface area contributed by atoms with Crippen LogP contribution in [-0.4, -0.2) is 65.1 Å². The highest BCUT2D eigenvalue weighted by Gasteiger charge is 1.97. The number of hydrogen-bond acceptors (Lipinski definition) is 7. The first-order valence-electron chi connectivity index (χ1n) is 7.50. The first-order valence-corrected chi connectivity index (χ1v) is 11.7. The summed E-state index contributed by atoms with van der Waals surface area (Å²) in [6.07, 6.45) is 8.52. The second-order valence-electron chi connectivity index (χ2n) is 4.56. The molecule has 0 saturated heterocycles. The van der Waals surface area contributed by atoms with Gasteiger partial charge >= 0.3 is 0 Å². The van der Waals surface area contributed by atoms with E-state index in [1.54, 1.807) is 42.2 Å². The third kappa shape index (κ3) is 34.4. The van der Waals surface area contributed by atoms with Gasteiger partial charge in [0.15, 0.2) is 0 Å². The van der Waals surface area contributed by atoms with Crippen LogP contribution < -0.4 is 0 Å². The van der Waals surface area contributed by atoms with Crippen molar-refractivity contribution in [1.29, 1.82) is 0 Å². The van der Waals surface area contributed by atoms with Crippen LogP contribution in [0.25, 0.3) is 0 Å². The number of hydrogen-bond donors (Lipinski definition) is 1. The molecule has 0 fully saturated rings. The van der Waals surface area contributed by atoms with Gasteiger partial charge < -0.3 is 9.90 Å². The third-order valence-corrected chi connectivity index (χ3v) is 4.28. The molecule has 1 unspecified atom stereocenters. The SMILES string of the molecule is CCC(=O)CCSC.CSCCC(C)=O.CSCCC(O)C=O. The molecule has 0 aliphatic heterocycles. The van der Waals surface area contributed by atoms with Gasteiger partial charge in [-0.25, -0.2) is 0 Å². The molecule has 0 aromatic heterocycles. The molecule has 138 valence electrons. The summed E-state index contributed by atoms with van der Waals surface area (Å²) in [6.45, 7) is 3.53. The van der Waals surface area contributed by atoms with Crippen LogP contribution in [0.15, 0.2) is 0 Å². The van der Waals surface area contributed by atoms with Gasteiger partial charge in [-0.1, -0.05) is 6.92 Å². The summed E-state index contributed by atoms with van der Waals surface area (Å²) < 4.78 is 0. The fourth-order valence-corrected chi connectivity index (χ4v) is 2.35. The van der Waals surface area contributed by atoms with Crippen LogP contribution in [0.3, 0.4) is 0 Å². The van der Waals surface area contributed by atoms with Crippen molar-refractivity contribution >= 4 is 53.1 Å². The molecule has 0 amide bonds. The molecule has 0 rings (SSSR count). The lowest BCUT2D eigenvalue weighted by Crippen LogP contribution is -2.07. The summed E-state index contributed by atoms with van der Waals surface area (Å²) in [7, 11) is 0. The summed E-state index contributed by atoms with van der Waals surface area (Å²) in [5.74, 6) is 3.45. The van der Waals surface area contributed by atoms with E-state index in [9.17, 15) is 14.4 Å². The molecular weight excluding hydrogens is 352 g/mol. The highest BCUT2D eigenvalue weighted by molar-refractivity contribution is 7.99. The van der Waals surface area contributed by atoms with E-state index in [0.29, 0.717) is 24.9 Å². The highest BCUT2D eigenvalue weighted by Crippen LogP contribution is 1.98. The minimum Gasteiger partial charge on any atom is -0.386 e. The number of rotatable bonds is 11. The van der Waals surface area contributed by atoms with Gasteiger partial charge in [-0.05, 0) is 49.4 Å². The van der Waals surface area contributed by atoms with E-state index in [-0.39, 0.29) is 5.78 Å². The Morgan fingerprint density at radius 3 is 1.78 bits per heavy atom. The van der Waals surface area contributed by atoms with Gasteiger partial charge in [-0.2, -0.15) is 35.3 Å². The number of carbonyl (C=O) groups excluding carboxylic acids is 3. The van der Waals surface area contributed by atoms with Crippen LogP contribution in [0.1, 0.15) is 39.5 Å². The lowest BCUT2D eigenvalue weighted by Gasteiger charge is -1.97. The highest BCUT2D eigenvalue weighted by atomic mass is 32.2. The van der Waals surface area contributed by atoms with E-state index in [1.165, 1.54) is 0 Å². The van der Waals surface area contributed by atoms with Crippen LogP contribution in [0.2, 0.25) is 0 Å². The molecule has 0 spiro atoms. The molecular formula is C16H32O4S3. The van der Waals surface area contributed by atoms with Crippen molar-refractivity contribution in [3.05, 3.63) is 0 Å². The van der Waals surface area contributed by atoms with E-state index in [2.05, 4.69) is 0 Å². The molecule has 0 aliphatic carbocycles. The Bertz CT molecular complexity index is 286. The fraction of sp³-hybridized carbons (Fsp3) is 0.812. The number of ketones is 2. The summed E-state index contributed by atoms with van der Waals surface area (Å²) in [4.78, 5) is 30.5. The van der Waals surface area contributed by atoms with Gasteiger partial charge in [0.2, 0.25) is 0 Å². The Labute approximate surface area is 154 Å². The lowest BCUT2D eigenvalue weighted by atomic mass is 10.2. The normalized spacial score (nSPS) is 10.5. The molecule has 23 heavy (non-hydrogen) atoms. The predicted molar refractivity (Wildman–Crippen MR) is 107 cm³/mol. The maximum Gasteiger partial charge on any atom is 0.148 e. The number of aliphatic hydroxyl groups is 1. The molecule has 0 heterocycles. The molecule has 0 aliphatic rings. The van der Waals surface area contributed by atoms with Crippen molar-refractivity contribution < 1.29 is 19.5 Å². The first-order chi connectivity index (χ1) is 10.9. The van der Waals surface area contributed by atoms with E-state index in [1.807, 2.05) is 25.7 Å². The molecule has 7 heteroatoms. The Hall–Kier alpha value is 0.0200. The number of aldehydes is 1. The molecule has 0 aromatic carbocycles. The van der Waals surface area contributed by atoms with E-state index in [0.717, 1.165) is 30.1 Å². The van der Waals surface area contributed by atoms with Crippen molar-refractivity contribution in [2.24, 2.45) is 0 Å². The Balaban J connectivity index is -0.000000262. The lowest BCUT2D eigenvalue weighted by molar-refractivity contribution is -0.118.